The molecule has 0 aliphatic heterocycles. The number of hydrogen-bond acceptors (Lipinski definition) is 4. The number of H-pyrrole nitrogens is 1. The molecule has 1 aromatic carbocycles. The van der Waals surface area contributed by atoms with Crippen molar-refractivity contribution in [3.8, 4) is 0 Å². The third-order valence-electron chi connectivity index (χ3n) is 2.80. The third-order valence-corrected chi connectivity index (χ3v) is 2.80. The molecule has 1 atom stereocenters. The number of carbonyl (C=O) groups is 2. The zero-order valence-electron chi connectivity index (χ0n) is 10.9. The maximum atomic E-state index is 12.1. The van der Waals surface area contributed by atoms with E-state index >= 15 is 0 Å². The molecule has 0 bridgehead atoms. The fraction of sp³-hybridized carbons (Fsp3) is 0.143. The highest BCUT2D eigenvalue weighted by Crippen LogP contribution is 2.15. The van der Waals surface area contributed by atoms with Crippen molar-refractivity contribution < 1.29 is 14.3 Å². The van der Waals surface area contributed by atoms with Gasteiger partial charge in [0.15, 0.2) is 6.04 Å². The highest BCUT2D eigenvalue weighted by molar-refractivity contribution is 5.96. The van der Waals surface area contributed by atoms with Gasteiger partial charge in [0.1, 0.15) is 5.69 Å². The molecule has 4 N–H and O–H groups in total. The van der Waals surface area contributed by atoms with Gasteiger partial charge in [-0.25, -0.2) is 4.79 Å². The summed E-state index contributed by atoms with van der Waals surface area (Å²) in [5, 5.41) is 2.61. The van der Waals surface area contributed by atoms with E-state index in [0.29, 0.717) is 11.3 Å². The second-order valence-electron chi connectivity index (χ2n) is 4.19. The molecule has 2 aromatic rings. The second kappa shape index (κ2) is 5.92. The Morgan fingerprint density at radius 3 is 2.55 bits per heavy atom. The molecular weight excluding hydrogens is 258 g/mol. The van der Waals surface area contributed by atoms with Gasteiger partial charge in [-0.1, -0.05) is 30.3 Å². The Morgan fingerprint density at radius 2 is 2.00 bits per heavy atom. The van der Waals surface area contributed by atoms with Crippen molar-refractivity contribution >= 4 is 17.6 Å². The van der Waals surface area contributed by atoms with Gasteiger partial charge in [-0.05, 0) is 11.6 Å². The van der Waals surface area contributed by atoms with E-state index in [2.05, 4.69) is 10.3 Å². The van der Waals surface area contributed by atoms with Crippen molar-refractivity contribution in [1.82, 2.24) is 10.3 Å². The average Bonchev–Trinajstić information content (AvgIpc) is 2.91. The predicted octanol–water partition coefficient (Wildman–Crippen LogP) is 1.24. The molecular formula is C14H15N3O3. The van der Waals surface area contributed by atoms with E-state index in [1.54, 1.807) is 24.3 Å². The van der Waals surface area contributed by atoms with Crippen LogP contribution in [0.15, 0.2) is 42.6 Å². The summed E-state index contributed by atoms with van der Waals surface area (Å²) in [7, 11) is 1.27. The molecule has 0 radical (unpaired) electrons. The monoisotopic (exact) mass is 273 g/mol. The lowest BCUT2D eigenvalue weighted by Crippen LogP contribution is -2.34. The van der Waals surface area contributed by atoms with E-state index in [-0.39, 0.29) is 5.69 Å². The van der Waals surface area contributed by atoms with Gasteiger partial charge in [0.2, 0.25) is 0 Å². The maximum Gasteiger partial charge on any atom is 0.333 e. The van der Waals surface area contributed by atoms with E-state index in [1.165, 1.54) is 19.4 Å². The number of hydrogen-bond donors (Lipinski definition) is 3. The molecule has 0 fully saturated rings. The molecule has 20 heavy (non-hydrogen) atoms. The molecule has 1 aromatic heterocycles. The number of methoxy groups -OCH3 is 1. The fourth-order valence-electron chi connectivity index (χ4n) is 1.79. The first kappa shape index (κ1) is 13.7. The first-order chi connectivity index (χ1) is 9.61. The number of aromatic nitrogens is 1. The van der Waals surface area contributed by atoms with Crippen molar-refractivity contribution in [2.75, 3.05) is 12.8 Å². The van der Waals surface area contributed by atoms with Crippen LogP contribution in [0.4, 0.5) is 5.69 Å². The van der Waals surface area contributed by atoms with Crippen LogP contribution < -0.4 is 11.1 Å². The predicted molar refractivity (Wildman–Crippen MR) is 73.9 cm³/mol. The van der Waals surface area contributed by atoms with Crippen LogP contribution in [-0.2, 0) is 9.53 Å². The normalized spacial score (nSPS) is 11.7. The first-order valence-electron chi connectivity index (χ1n) is 5.99. The van der Waals surface area contributed by atoms with E-state index < -0.39 is 17.9 Å². The van der Waals surface area contributed by atoms with Crippen LogP contribution >= 0.6 is 0 Å². The molecule has 0 saturated carbocycles. The van der Waals surface area contributed by atoms with Gasteiger partial charge in [0.05, 0.1) is 7.11 Å². The summed E-state index contributed by atoms with van der Waals surface area (Å²) in [4.78, 5) is 26.6. The number of amides is 1. The van der Waals surface area contributed by atoms with Crippen molar-refractivity contribution in [2.45, 2.75) is 6.04 Å². The largest absolute Gasteiger partial charge is 0.467 e. The maximum absolute atomic E-state index is 12.1. The summed E-state index contributed by atoms with van der Waals surface area (Å²) in [6.45, 7) is 0. The number of aromatic amines is 1. The van der Waals surface area contributed by atoms with Gasteiger partial charge in [0.25, 0.3) is 5.91 Å². The van der Waals surface area contributed by atoms with E-state index in [0.717, 1.165) is 0 Å². The van der Waals surface area contributed by atoms with Gasteiger partial charge < -0.3 is 20.8 Å². The number of esters is 1. The quantitative estimate of drug-likeness (QED) is 0.730. The Hall–Kier alpha value is -2.76. The molecule has 1 amide bonds. The van der Waals surface area contributed by atoms with Crippen LogP contribution in [0.5, 0.6) is 0 Å². The molecule has 0 aliphatic carbocycles. The van der Waals surface area contributed by atoms with Crippen LogP contribution in [-0.4, -0.2) is 24.0 Å². The number of nitrogens with two attached hydrogens (primary N) is 1. The minimum Gasteiger partial charge on any atom is -0.467 e. The molecule has 1 heterocycles. The Labute approximate surface area is 115 Å². The Morgan fingerprint density at radius 1 is 1.30 bits per heavy atom. The van der Waals surface area contributed by atoms with Crippen LogP contribution in [0.1, 0.15) is 22.1 Å². The lowest BCUT2D eigenvalue weighted by Gasteiger charge is -2.16. The Kier molecular flexibility index (Phi) is 4.05. The van der Waals surface area contributed by atoms with Gasteiger partial charge in [-0.2, -0.15) is 0 Å². The summed E-state index contributed by atoms with van der Waals surface area (Å²) < 4.78 is 4.72. The minimum absolute atomic E-state index is 0.285. The lowest BCUT2D eigenvalue weighted by molar-refractivity contribution is -0.143. The Balaban J connectivity index is 2.21. The molecule has 1 unspecified atom stereocenters. The molecule has 104 valence electrons. The van der Waals surface area contributed by atoms with Gasteiger partial charge in [0, 0.05) is 11.9 Å². The topological polar surface area (TPSA) is 97.2 Å². The molecule has 0 saturated heterocycles. The Bertz CT molecular complexity index is 607. The number of anilines is 1. The van der Waals surface area contributed by atoms with Gasteiger partial charge in [-0.15, -0.1) is 0 Å². The first-order valence-corrected chi connectivity index (χ1v) is 5.99. The molecule has 2 rings (SSSR count). The minimum atomic E-state index is -0.863. The summed E-state index contributed by atoms with van der Waals surface area (Å²) >= 11 is 0. The van der Waals surface area contributed by atoms with Crippen molar-refractivity contribution in [2.24, 2.45) is 0 Å². The summed E-state index contributed by atoms with van der Waals surface area (Å²) in [6, 6.07) is 9.50. The third kappa shape index (κ3) is 2.97. The molecule has 0 spiro atoms. The fourth-order valence-corrected chi connectivity index (χ4v) is 1.79. The molecule has 0 aliphatic rings. The van der Waals surface area contributed by atoms with Crippen LogP contribution in [0, 0.1) is 0 Å². The number of carbonyl (C=O) groups excluding carboxylic acids is 2. The summed E-state index contributed by atoms with van der Waals surface area (Å²) in [6.07, 6.45) is 1.50. The number of rotatable bonds is 4. The summed E-state index contributed by atoms with van der Waals surface area (Å²) in [5.74, 6) is -0.968. The van der Waals surface area contributed by atoms with Crippen molar-refractivity contribution in [3.05, 3.63) is 53.9 Å². The van der Waals surface area contributed by atoms with E-state index in [9.17, 15) is 9.59 Å². The molecule has 6 heteroatoms. The smallest absolute Gasteiger partial charge is 0.333 e. The SMILES string of the molecule is COC(=O)C(NC(=O)c1cc(N)c[nH]1)c1ccccc1. The lowest BCUT2D eigenvalue weighted by atomic mass is 10.1. The standard InChI is InChI=1S/C14H15N3O3/c1-20-14(19)12(9-5-3-2-4-6-9)17-13(18)11-7-10(15)8-16-11/h2-8,12,16H,15H2,1H3,(H,17,18). The highest BCUT2D eigenvalue weighted by Gasteiger charge is 2.24. The van der Waals surface area contributed by atoms with Crippen LogP contribution in [0.25, 0.3) is 0 Å². The number of ether oxygens (including phenoxy) is 1. The number of nitrogen functional groups attached to an aromatic ring is 1. The van der Waals surface area contributed by atoms with Gasteiger partial charge >= 0.3 is 5.97 Å². The van der Waals surface area contributed by atoms with Crippen molar-refractivity contribution in [3.63, 3.8) is 0 Å². The second-order valence-corrected chi connectivity index (χ2v) is 4.19. The van der Waals surface area contributed by atoms with E-state index in [1.807, 2.05) is 6.07 Å². The zero-order valence-corrected chi connectivity index (χ0v) is 10.9. The zero-order chi connectivity index (χ0) is 14.5. The molecule has 6 nitrogen and oxygen atoms in total. The number of benzene rings is 1. The van der Waals surface area contributed by atoms with Gasteiger partial charge in [-0.3, -0.25) is 4.79 Å². The van der Waals surface area contributed by atoms with Crippen molar-refractivity contribution in [1.29, 1.82) is 0 Å². The average molecular weight is 273 g/mol. The van der Waals surface area contributed by atoms with Crippen LogP contribution in [0.3, 0.4) is 0 Å². The number of nitrogens with one attached hydrogen (secondary N) is 2. The van der Waals surface area contributed by atoms with Crippen LogP contribution in [0.2, 0.25) is 0 Å². The summed E-state index contributed by atoms with van der Waals surface area (Å²) in [5.41, 5.74) is 6.92. The van der Waals surface area contributed by atoms with E-state index in [4.69, 9.17) is 10.5 Å². The highest BCUT2D eigenvalue weighted by atomic mass is 16.5.